The second kappa shape index (κ2) is 5.64. The maximum Gasteiger partial charge on any atom is 0.248 e. The van der Waals surface area contributed by atoms with Gasteiger partial charge in [-0.3, -0.25) is 4.79 Å². The average Bonchev–Trinajstić information content (AvgIpc) is 2.41. The van der Waals surface area contributed by atoms with Crippen molar-refractivity contribution in [1.82, 2.24) is 0 Å². The lowest BCUT2D eigenvalue weighted by molar-refractivity contribution is 0.1000. The van der Waals surface area contributed by atoms with Gasteiger partial charge in [0.15, 0.2) is 11.6 Å². The number of carbonyl (C=O) groups excluding carboxylic acids is 1. The quantitative estimate of drug-likeness (QED) is 0.846. The smallest absolute Gasteiger partial charge is 0.248 e. The summed E-state index contributed by atoms with van der Waals surface area (Å²) >= 11 is 0. The first-order valence-corrected chi connectivity index (χ1v) is 5.74. The first-order chi connectivity index (χ1) is 9.47. The fourth-order valence-electron chi connectivity index (χ4n) is 1.72. The van der Waals surface area contributed by atoms with E-state index in [1.54, 1.807) is 12.1 Å². The van der Waals surface area contributed by atoms with Crippen molar-refractivity contribution in [2.45, 2.75) is 6.54 Å². The van der Waals surface area contributed by atoms with Crippen molar-refractivity contribution in [1.29, 1.82) is 0 Å². The molecule has 1 amide bonds. The minimum absolute atomic E-state index is 0.0981. The lowest BCUT2D eigenvalue weighted by Gasteiger charge is -2.09. The molecule has 0 radical (unpaired) electrons. The molecule has 0 heterocycles. The highest BCUT2D eigenvalue weighted by molar-refractivity contribution is 5.92. The summed E-state index contributed by atoms with van der Waals surface area (Å²) in [5.41, 5.74) is 5.78. The van der Waals surface area contributed by atoms with Crippen LogP contribution < -0.4 is 11.1 Å². The van der Waals surface area contributed by atoms with E-state index in [0.717, 1.165) is 6.07 Å². The van der Waals surface area contributed by atoms with Gasteiger partial charge in [0, 0.05) is 24.2 Å². The SMILES string of the molecule is NC(=O)c1cccc(CNc2cc(F)cc(F)c2F)c1. The molecular weight excluding hydrogens is 269 g/mol. The van der Waals surface area contributed by atoms with Gasteiger partial charge in [0.25, 0.3) is 0 Å². The molecular formula is C14H11F3N2O. The van der Waals surface area contributed by atoms with Gasteiger partial charge in [-0.15, -0.1) is 0 Å². The number of halogens is 3. The highest BCUT2D eigenvalue weighted by Crippen LogP contribution is 2.20. The van der Waals surface area contributed by atoms with Crippen LogP contribution in [0.15, 0.2) is 36.4 Å². The van der Waals surface area contributed by atoms with Crippen molar-refractivity contribution in [3.63, 3.8) is 0 Å². The second-order valence-electron chi connectivity index (χ2n) is 4.17. The molecule has 2 aromatic rings. The molecule has 3 nitrogen and oxygen atoms in total. The van der Waals surface area contributed by atoms with Crippen molar-refractivity contribution in [2.75, 3.05) is 5.32 Å². The van der Waals surface area contributed by atoms with Gasteiger partial charge in [-0.05, 0) is 17.7 Å². The summed E-state index contributed by atoms with van der Waals surface area (Å²) in [6, 6.07) is 7.66. The molecule has 0 aliphatic heterocycles. The number of nitrogens with one attached hydrogen (secondary N) is 1. The molecule has 20 heavy (non-hydrogen) atoms. The largest absolute Gasteiger partial charge is 0.378 e. The molecule has 0 saturated heterocycles. The van der Waals surface area contributed by atoms with Gasteiger partial charge in [-0.2, -0.15) is 0 Å². The predicted octanol–water partition coefficient (Wildman–Crippen LogP) is 2.81. The first-order valence-electron chi connectivity index (χ1n) is 5.74. The topological polar surface area (TPSA) is 55.1 Å². The van der Waals surface area contributed by atoms with E-state index in [4.69, 9.17) is 5.73 Å². The Morgan fingerprint density at radius 2 is 1.90 bits per heavy atom. The zero-order valence-corrected chi connectivity index (χ0v) is 10.3. The van der Waals surface area contributed by atoms with E-state index in [-0.39, 0.29) is 12.2 Å². The number of primary amides is 1. The zero-order chi connectivity index (χ0) is 14.7. The number of amides is 1. The summed E-state index contributed by atoms with van der Waals surface area (Å²) in [7, 11) is 0. The Morgan fingerprint density at radius 1 is 1.15 bits per heavy atom. The monoisotopic (exact) mass is 280 g/mol. The summed E-state index contributed by atoms with van der Waals surface area (Å²) in [4.78, 5) is 11.0. The number of carbonyl (C=O) groups is 1. The molecule has 2 rings (SSSR count). The van der Waals surface area contributed by atoms with E-state index in [0.29, 0.717) is 17.2 Å². The number of anilines is 1. The summed E-state index contributed by atoms with van der Waals surface area (Å²) in [6.07, 6.45) is 0. The normalized spacial score (nSPS) is 10.3. The van der Waals surface area contributed by atoms with E-state index in [9.17, 15) is 18.0 Å². The molecule has 0 saturated carbocycles. The minimum Gasteiger partial charge on any atom is -0.378 e. The van der Waals surface area contributed by atoms with Crippen molar-refractivity contribution in [3.05, 3.63) is 65.0 Å². The van der Waals surface area contributed by atoms with E-state index in [2.05, 4.69) is 5.32 Å². The van der Waals surface area contributed by atoms with Crippen molar-refractivity contribution >= 4 is 11.6 Å². The molecule has 0 aliphatic rings. The average molecular weight is 280 g/mol. The van der Waals surface area contributed by atoms with Gasteiger partial charge >= 0.3 is 0 Å². The van der Waals surface area contributed by atoms with Crippen LogP contribution in [0.4, 0.5) is 18.9 Å². The summed E-state index contributed by atoms with van der Waals surface area (Å²) in [5.74, 6) is -3.89. The van der Waals surface area contributed by atoms with Gasteiger partial charge in [-0.25, -0.2) is 13.2 Å². The Labute approximate surface area is 113 Å². The number of hydrogen-bond acceptors (Lipinski definition) is 2. The number of benzene rings is 2. The molecule has 0 unspecified atom stereocenters. The van der Waals surface area contributed by atoms with Crippen LogP contribution in [-0.2, 0) is 6.54 Å². The van der Waals surface area contributed by atoms with Crippen LogP contribution in [0.1, 0.15) is 15.9 Å². The Kier molecular flexibility index (Phi) is 3.93. The Hall–Kier alpha value is -2.50. The third-order valence-electron chi connectivity index (χ3n) is 2.69. The summed E-state index contributed by atoms with van der Waals surface area (Å²) < 4.78 is 39.4. The van der Waals surface area contributed by atoms with E-state index in [1.165, 1.54) is 12.1 Å². The molecule has 0 atom stereocenters. The third-order valence-corrected chi connectivity index (χ3v) is 2.69. The molecule has 0 spiro atoms. The fourth-order valence-corrected chi connectivity index (χ4v) is 1.72. The van der Waals surface area contributed by atoms with Crippen molar-refractivity contribution in [3.8, 4) is 0 Å². The molecule has 2 aromatic carbocycles. The standard InChI is InChI=1S/C14H11F3N2O/c15-10-5-11(16)13(17)12(6-10)19-7-8-2-1-3-9(4-8)14(18)20/h1-6,19H,7H2,(H2,18,20). The summed E-state index contributed by atoms with van der Waals surface area (Å²) in [5, 5.41) is 2.57. The van der Waals surface area contributed by atoms with E-state index < -0.39 is 23.4 Å². The minimum atomic E-state index is -1.27. The fraction of sp³-hybridized carbons (Fsp3) is 0.0714. The lowest BCUT2D eigenvalue weighted by atomic mass is 10.1. The van der Waals surface area contributed by atoms with Crippen LogP contribution in [-0.4, -0.2) is 5.91 Å². The second-order valence-corrected chi connectivity index (χ2v) is 4.17. The molecule has 0 aromatic heterocycles. The van der Waals surface area contributed by atoms with Crippen LogP contribution >= 0.6 is 0 Å². The number of nitrogens with two attached hydrogens (primary N) is 1. The Morgan fingerprint density at radius 3 is 2.60 bits per heavy atom. The maximum absolute atomic E-state index is 13.4. The predicted molar refractivity (Wildman–Crippen MR) is 68.6 cm³/mol. The van der Waals surface area contributed by atoms with Crippen LogP contribution in [0.3, 0.4) is 0 Å². The van der Waals surface area contributed by atoms with E-state index in [1.807, 2.05) is 0 Å². The first kappa shape index (κ1) is 13.9. The van der Waals surface area contributed by atoms with Gasteiger partial charge in [0.05, 0.1) is 5.69 Å². The molecule has 3 N–H and O–H groups in total. The zero-order valence-electron chi connectivity index (χ0n) is 10.3. The molecule has 6 heteroatoms. The summed E-state index contributed by atoms with van der Waals surface area (Å²) in [6.45, 7) is 0.0981. The van der Waals surface area contributed by atoms with E-state index >= 15 is 0 Å². The van der Waals surface area contributed by atoms with Crippen LogP contribution in [0, 0.1) is 17.5 Å². The van der Waals surface area contributed by atoms with Crippen LogP contribution in [0.2, 0.25) is 0 Å². The Balaban J connectivity index is 2.17. The molecule has 0 bridgehead atoms. The van der Waals surface area contributed by atoms with Gasteiger partial charge < -0.3 is 11.1 Å². The van der Waals surface area contributed by atoms with Gasteiger partial charge in [0.2, 0.25) is 5.91 Å². The maximum atomic E-state index is 13.4. The molecule has 0 fully saturated rings. The molecule has 104 valence electrons. The highest BCUT2D eigenvalue weighted by atomic mass is 19.2. The lowest BCUT2D eigenvalue weighted by Crippen LogP contribution is -2.11. The van der Waals surface area contributed by atoms with Crippen LogP contribution in [0.25, 0.3) is 0 Å². The number of rotatable bonds is 4. The van der Waals surface area contributed by atoms with Crippen molar-refractivity contribution < 1.29 is 18.0 Å². The van der Waals surface area contributed by atoms with Crippen molar-refractivity contribution in [2.24, 2.45) is 5.73 Å². The van der Waals surface area contributed by atoms with Gasteiger partial charge in [-0.1, -0.05) is 12.1 Å². The molecule has 0 aliphatic carbocycles. The third kappa shape index (κ3) is 3.09. The highest BCUT2D eigenvalue weighted by Gasteiger charge is 2.11. The van der Waals surface area contributed by atoms with Crippen LogP contribution in [0.5, 0.6) is 0 Å². The Bertz CT molecular complexity index is 659. The van der Waals surface area contributed by atoms with Gasteiger partial charge in [0.1, 0.15) is 5.82 Å². The number of hydrogen-bond donors (Lipinski definition) is 2.